The predicted octanol–water partition coefficient (Wildman–Crippen LogP) is 17.2. The molecule has 402 valence electrons. The molecule has 1 heterocycles. The molecule has 0 saturated heterocycles. The van der Waals surface area contributed by atoms with Crippen molar-refractivity contribution in [3.05, 3.63) is 24.3 Å². The van der Waals surface area contributed by atoms with E-state index >= 15 is 0 Å². The molecule has 2 aliphatic rings. The normalized spacial score (nSPS) is 18.5. The quantitative estimate of drug-likeness (QED) is 0.0443. The number of unbranched alkanes of at least 4 members (excludes halogenated alkanes) is 19. The van der Waals surface area contributed by atoms with Crippen LogP contribution in [0.25, 0.3) is 0 Å². The minimum absolute atomic E-state index is 0.695. The zero-order valence-corrected chi connectivity index (χ0v) is 46.8. The monoisotopic (exact) mass is 972 g/mol. The van der Waals surface area contributed by atoms with Crippen molar-refractivity contribution in [3.8, 4) is 0 Å². The van der Waals surface area contributed by atoms with Crippen LogP contribution < -0.4 is 21.3 Å². The molecule has 0 radical (unpaired) electrons. The summed E-state index contributed by atoms with van der Waals surface area (Å²) in [5, 5.41) is 7.39. The fourth-order valence-electron chi connectivity index (χ4n) is 11.6. The molecule has 0 unspecified atom stereocenters. The van der Waals surface area contributed by atoms with E-state index in [0.717, 1.165) is 80.1 Å². The largest absolute Gasteiger partial charge is 0.399 e. The van der Waals surface area contributed by atoms with Crippen LogP contribution in [0.15, 0.2) is 24.3 Å². The van der Waals surface area contributed by atoms with Crippen LogP contribution in [0.4, 0.5) is 29.2 Å². The van der Waals surface area contributed by atoms with Crippen LogP contribution in [0, 0.1) is 11.8 Å². The third-order valence-electron chi connectivity index (χ3n) is 16.3. The summed E-state index contributed by atoms with van der Waals surface area (Å²) in [5.74, 6) is 3.79. The number of hydrogen-bond acceptors (Lipinski definition) is 9. The van der Waals surface area contributed by atoms with Crippen molar-refractivity contribution >= 4 is 29.2 Å². The molecule has 70 heavy (non-hydrogen) atoms. The van der Waals surface area contributed by atoms with Crippen LogP contribution >= 0.6 is 0 Å². The standard InChI is InChI=1S/C61H113N9/c1-6-11-16-17-18-19-20-21-22-23-24-25-26-27-28-29-52-70(58-44-38-55(62)39-45-58)61-66-59(63-46-30-32-53-34-40-56(41-35-53)68(48-12-7-2)49-13-8-3)65-60(67-61)64-47-31-33-54-36-42-57(43-37-54)69(50-14-9-4)51-15-10-5/h38-39,44-45,53-54,56-57H,6-37,40-43,46-52,62H2,1-5H3,(H2,63,64,65,66,67). The molecule has 9 nitrogen and oxygen atoms in total. The van der Waals surface area contributed by atoms with Crippen LogP contribution in [0.2, 0.25) is 0 Å². The van der Waals surface area contributed by atoms with E-state index in [0.29, 0.717) is 11.9 Å². The van der Waals surface area contributed by atoms with Crippen molar-refractivity contribution in [2.45, 2.75) is 278 Å². The lowest BCUT2D eigenvalue weighted by molar-refractivity contribution is 0.130. The van der Waals surface area contributed by atoms with Gasteiger partial charge in [0.2, 0.25) is 17.8 Å². The first-order valence-electron chi connectivity index (χ1n) is 30.8. The maximum atomic E-state index is 6.22. The lowest BCUT2D eigenvalue weighted by atomic mass is 9.82. The fraction of sp³-hybridized carbons (Fsp3) is 0.852. The summed E-state index contributed by atoms with van der Waals surface area (Å²) in [6.45, 7) is 19.4. The van der Waals surface area contributed by atoms with Gasteiger partial charge >= 0.3 is 0 Å². The maximum absolute atomic E-state index is 6.22. The molecular formula is C61H113N9. The second-order valence-corrected chi connectivity index (χ2v) is 22.3. The van der Waals surface area contributed by atoms with Crippen LogP contribution in [0.3, 0.4) is 0 Å². The van der Waals surface area contributed by atoms with Crippen molar-refractivity contribution in [3.63, 3.8) is 0 Å². The molecule has 1 aromatic heterocycles. The van der Waals surface area contributed by atoms with E-state index in [4.69, 9.17) is 20.7 Å². The molecule has 2 aromatic rings. The highest BCUT2D eigenvalue weighted by atomic mass is 15.3. The van der Waals surface area contributed by atoms with E-state index < -0.39 is 0 Å². The first-order chi connectivity index (χ1) is 34.5. The minimum Gasteiger partial charge on any atom is -0.399 e. The lowest BCUT2D eigenvalue weighted by Crippen LogP contribution is -2.39. The first kappa shape index (κ1) is 59.9. The van der Waals surface area contributed by atoms with Crippen LogP contribution in [0.1, 0.15) is 266 Å². The Kier molecular flexibility index (Phi) is 33.3. The number of nitrogen functional groups attached to an aromatic ring is 1. The van der Waals surface area contributed by atoms with Gasteiger partial charge in [0.25, 0.3) is 0 Å². The van der Waals surface area contributed by atoms with Gasteiger partial charge in [0.05, 0.1) is 0 Å². The third-order valence-corrected chi connectivity index (χ3v) is 16.3. The molecule has 0 bridgehead atoms. The molecule has 2 aliphatic carbocycles. The molecule has 4 N–H and O–H groups in total. The summed E-state index contributed by atoms with van der Waals surface area (Å²) in [7, 11) is 0. The number of anilines is 5. The van der Waals surface area contributed by atoms with Gasteiger partial charge in [0, 0.05) is 43.1 Å². The van der Waals surface area contributed by atoms with E-state index in [1.54, 1.807) is 0 Å². The van der Waals surface area contributed by atoms with Gasteiger partial charge in [0.1, 0.15) is 0 Å². The van der Waals surface area contributed by atoms with Crippen molar-refractivity contribution in [2.75, 3.05) is 67.1 Å². The van der Waals surface area contributed by atoms with Gasteiger partial charge in [0.15, 0.2) is 0 Å². The number of benzene rings is 1. The van der Waals surface area contributed by atoms with Gasteiger partial charge in [-0.3, -0.25) is 0 Å². The Morgan fingerprint density at radius 3 is 1.14 bits per heavy atom. The summed E-state index contributed by atoms with van der Waals surface area (Å²) in [4.78, 5) is 23.3. The van der Waals surface area contributed by atoms with Crippen molar-refractivity contribution in [1.29, 1.82) is 0 Å². The highest BCUT2D eigenvalue weighted by molar-refractivity contribution is 5.61. The van der Waals surface area contributed by atoms with E-state index in [1.807, 2.05) is 12.1 Å². The smallest absolute Gasteiger partial charge is 0.236 e. The maximum Gasteiger partial charge on any atom is 0.236 e. The lowest BCUT2D eigenvalue weighted by Gasteiger charge is -2.37. The Balaban J connectivity index is 1.31. The molecule has 4 rings (SSSR count). The molecule has 0 spiro atoms. The van der Waals surface area contributed by atoms with Gasteiger partial charge in [-0.25, -0.2) is 0 Å². The first-order valence-corrected chi connectivity index (χ1v) is 30.8. The average molecular weight is 973 g/mol. The second kappa shape index (κ2) is 38.9. The van der Waals surface area contributed by atoms with E-state index in [2.05, 4.69) is 72.1 Å². The second-order valence-electron chi connectivity index (χ2n) is 22.3. The zero-order chi connectivity index (χ0) is 49.7. The van der Waals surface area contributed by atoms with Crippen LogP contribution in [0.5, 0.6) is 0 Å². The molecule has 9 heteroatoms. The van der Waals surface area contributed by atoms with E-state index in [9.17, 15) is 0 Å². The van der Waals surface area contributed by atoms with Gasteiger partial charge in [-0.15, -0.1) is 0 Å². The van der Waals surface area contributed by atoms with Crippen molar-refractivity contribution in [2.24, 2.45) is 11.8 Å². The molecule has 0 atom stereocenters. The number of aromatic nitrogens is 3. The Morgan fingerprint density at radius 2 is 0.771 bits per heavy atom. The number of rotatable bonds is 43. The van der Waals surface area contributed by atoms with Gasteiger partial charge in [-0.05, 0) is 171 Å². The third kappa shape index (κ3) is 25.3. The molecule has 0 amide bonds. The van der Waals surface area contributed by atoms with Gasteiger partial charge in [-0.1, -0.05) is 157 Å². The van der Waals surface area contributed by atoms with Gasteiger partial charge in [-0.2, -0.15) is 15.0 Å². The predicted molar refractivity (Wildman–Crippen MR) is 307 cm³/mol. The Bertz CT molecular complexity index is 1420. The van der Waals surface area contributed by atoms with Crippen LogP contribution in [-0.2, 0) is 0 Å². The molecule has 2 saturated carbocycles. The number of nitrogens with two attached hydrogens (primary N) is 1. The summed E-state index contributed by atoms with van der Waals surface area (Å²) < 4.78 is 0. The average Bonchev–Trinajstić information content (AvgIpc) is 3.38. The van der Waals surface area contributed by atoms with Crippen molar-refractivity contribution in [1.82, 2.24) is 24.8 Å². The SMILES string of the molecule is CCCCCCCCCCCCCCCCCCN(c1ccc(N)cc1)c1nc(NCCCC2CCC(N(CCCC)CCCC)CC2)nc(NCCCC2CCC(N(CCCC)CCCC)CC2)n1. The van der Waals surface area contributed by atoms with E-state index in [1.165, 1.54) is 238 Å². The molecule has 2 fully saturated rings. The highest BCUT2D eigenvalue weighted by Gasteiger charge is 2.27. The topological polar surface area (TPSA) is 98.5 Å². The number of nitrogens with zero attached hydrogens (tertiary/aromatic N) is 6. The summed E-state index contributed by atoms with van der Waals surface area (Å²) in [6.07, 6.45) is 48.2. The molecule has 0 aliphatic heterocycles. The Labute approximate surface area is 433 Å². The Morgan fingerprint density at radius 1 is 0.414 bits per heavy atom. The summed E-state index contributed by atoms with van der Waals surface area (Å²) >= 11 is 0. The van der Waals surface area contributed by atoms with Crippen molar-refractivity contribution < 1.29 is 0 Å². The molecular weight excluding hydrogens is 859 g/mol. The number of hydrogen-bond donors (Lipinski definition) is 3. The highest BCUT2D eigenvalue weighted by Crippen LogP contribution is 2.33. The van der Waals surface area contributed by atoms with E-state index in [-0.39, 0.29) is 0 Å². The fourth-order valence-corrected chi connectivity index (χ4v) is 11.6. The van der Waals surface area contributed by atoms with Crippen LogP contribution in [-0.4, -0.2) is 82.6 Å². The Hall–Kier alpha value is -2.65. The summed E-state index contributed by atoms with van der Waals surface area (Å²) in [5.41, 5.74) is 8.10. The van der Waals surface area contributed by atoms with Gasteiger partial charge < -0.3 is 31.1 Å². The number of nitrogens with one attached hydrogen (secondary N) is 2. The molecule has 1 aromatic carbocycles. The summed E-state index contributed by atoms with van der Waals surface area (Å²) in [6, 6.07) is 9.88. The minimum atomic E-state index is 0.695. The zero-order valence-electron chi connectivity index (χ0n) is 46.8.